The number of hydrogen-bond donors (Lipinski definition) is 1. The number of benzene rings is 1. The van der Waals surface area contributed by atoms with E-state index in [1.165, 1.54) is 36.9 Å². The second-order valence-corrected chi connectivity index (χ2v) is 9.57. The molecule has 4 nitrogen and oxygen atoms in total. The van der Waals surface area contributed by atoms with Gasteiger partial charge in [0.15, 0.2) is 0 Å². The molecule has 1 aliphatic heterocycles. The van der Waals surface area contributed by atoms with E-state index in [2.05, 4.69) is 54.8 Å². The van der Waals surface area contributed by atoms with E-state index in [1.54, 1.807) is 0 Å². The van der Waals surface area contributed by atoms with Gasteiger partial charge in [0.1, 0.15) is 0 Å². The average Bonchev–Trinajstić information content (AvgIpc) is 2.67. The number of carbonyl (C=O) groups excluding carboxylic acids is 1. The summed E-state index contributed by atoms with van der Waals surface area (Å²) in [5.41, 5.74) is 8.84. The van der Waals surface area contributed by atoms with Gasteiger partial charge in [-0.3, -0.25) is 9.69 Å². The molecular formula is C23H37N3O. The summed E-state index contributed by atoms with van der Waals surface area (Å²) in [6.45, 7) is 12.8. The number of rotatable bonds is 4. The summed E-state index contributed by atoms with van der Waals surface area (Å²) in [7, 11) is 0. The van der Waals surface area contributed by atoms with Gasteiger partial charge in [-0.25, -0.2) is 0 Å². The van der Waals surface area contributed by atoms with Crippen LogP contribution in [0.3, 0.4) is 0 Å². The smallest absolute Gasteiger partial charge is 0.234 e. The molecule has 3 rings (SSSR count). The largest absolute Gasteiger partial charge is 0.369 e. The maximum Gasteiger partial charge on any atom is 0.234 e. The standard InChI is InChI=1S/C23H37N3O/c1-17(22(24)27)25-13-15-26(16-14-25)21-8-6-5-7-20(21)18-9-11-19(12-10-18)23(2,3)4/h5-8,17-19H,9-16H2,1-4H3,(H2,24,27). The number of carbonyl (C=O) groups is 1. The topological polar surface area (TPSA) is 49.6 Å². The molecule has 150 valence electrons. The van der Waals surface area contributed by atoms with Gasteiger partial charge in [-0.2, -0.15) is 0 Å². The lowest BCUT2D eigenvalue weighted by atomic mass is 9.68. The van der Waals surface area contributed by atoms with E-state index in [1.807, 2.05) is 6.92 Å². The number of nitrogens with two attached hydrogens (primary N) is 1. The van der Waals surface area contributed by atoms with Gasteiger partial charge in [0.25, 0.3) is 0 Å². The maximum absolute atomic E-state index is 11.5. The molecule has 2 N–H and O–H groups in total. The van der Waals surface area contributed by atoms with Crippen LogP contribution in [-0.2, 0) is 4.79 Å². The molecule has 0 bridgehead atoms. The van der Waals surface area contributed by atoms with Crippen molar-refractivity contribution in [3.63, 3.8) is 0 Å². The van der Waals surface area contributed by atoms with Crippen LogP contribution in [0.25, 0.3) is 0 Å². The Bertz CT molecular complexity index is 635. The van der Waals surface area contributed by atoms with E-state index in [9.17, 15) is 4.79 Å². The highest BCUT2D eigenvalue weighted by atomic mass is 16.1. The summed E-state index contributed by atoms with van der Waals surface area (Å²) in [4.78, 5) is 16.2. The van der Waals surface area contributed by atoms with Crippen LogP contribution in [0, 0.1) is 11.3 Å². The fourth-order valence-electron chi connectivity index (χ4n) is 4.92. The van der Waals surface area contributed by atoms with Crippen molar-refractivity contribution in [2.45, 2.75) is 65.3 Å². The van der Waals surface area contributed by atoms with Gasteiger partial charge in [0, 0.05) is 31.9 Å². The zero-order valence-electron chi connectivity index (χ0n) is 17.6. The molecule has 1 heterocycles. The molecule has 1 atom stereocenters. The third-order valence-corrected chi connectivity index (χ3v) is 6.94. The molecule has 0 aromatic heterocycles. The van der Waals surface area contributed by atoms with Crippen molar-refractivity contribution in [1.82, 2.24) is 4.90 Å². The number of nitrogens with zero attached hydrogens (tertiary/aromatic N) is 2. The fourth-order valence-corrected chi connectivity index (χ4v) is 4.92. The summed E-state index contributed by atoms with van der Waals surface area (Å²) in [5.74, 6) is 1.31. The predicted octanol–water partition coefficient (Wildman–Crippen LogP) is 4.00. The Morgan fingerprint density at radius 3 is 2.19 bits per heavy atom. The first-order valence-corrected chi connectivity index (χ1v) is 10.6. The lowest BCUT2D eigenvalue weighted by Crippen LogP contribution is -2.53. The molecule has 0 spiro atoms. The van der Waals surface area contributed by atoms with Crippen LogP contribution in [0.4, 0.5) is 5.69 Å². The van der Waals surface area contributed by atoms with Crippen LogP contribution in [-0.4, -0.2) is 43.0 Å². The summed E-state index contributed by atoms with van der Waals surface area (Å²) in [6.07, 6.45) is 5.29. The molecule has 1 aliphatic carbocycles. The number of amides is 1. The van der Waals surface area contributed by atoms with Crippen LogP contribution in [0.15, 0.2) is 24.3 Å². The van der Waals surface area contributed by atoms with Gasteiger partial charge in [0.2, 0.25) is 5.91 Å². The summed E-state index contributed by atoms with van der Waals surface area (Å²) < 4.78 is 0. The monoisotopic (exact) mass is 371 g/mol. The molecule has 1 saturated carbocycles. The molecule has 1 aromatic rings. The zero-order chi connectivity index (χ0) is 19.6. The molecule has 27 heavy (non-hydrogen) atoms. The number of piperazine rings is 1. The quantitative estimate of drug-likeness (QED) is 0.870. The van der Waals surface area contributed by atoms with Gasteiger partial charge in [0.05, 0.1) is 6.04 Å². The van der Waals surface area contributed by atoms with Gasteiger partial charge in [-0.15, -0.1) is 0 Å². The van der Waals surface area contributed by atoms with Crippen molar-refractivity contribution in [2.75, 3.05) is 31.1 Å². The maximum atomic E-state index is 11.5. The third-order valence-electron chi connectivity index (χ3n) is 6.94. The number of anilines is 1. The molecule has 0 radical (unpaired) electrons. The highest BCUT2D eigenvalue weighted by molar-refractivity contribution is 5.79. The van der Waals surface area contributed by atoms with Crippen molar-refractivity contribution >= 4 is 11.6 Å². The fraction of sp³-hybridized carbons (Fsp3) is 0.696. The molecular weight excluding hydrogens is 334 g/mol. The van der Waals surface area contributed by atoms with E-state index in [-0.39, 0.29) is 11.9 Å². The second kappa shape index (κ2) is 8.22. The minimum atomic E-state index is -0.223. The van der Waals surface area contributed by atoms with Crippen LogP contribution in [0.2, 0.25) is 0 Å². The minimum absolute atomic E-state index is 0.171. The van der Waals surface area contributed by atoms with Crippen LogP contribution in [0.5, 0.6) is 0 Å². The van der Waals surface area contributed by atoms with E-state index in [0.717, 1.165) is 32.1 Å². The lowest BCUT2D eigenvalue weighted by Gasteiger charge is -2.41. The summed E-state index contributed by atoms with van der Waals surface area (Å²) >= 11 is 0. The zero-order valence-corrected chi connectivity index (χ0v) is 17.6. The molecule has 1 amide bonds. The molecule has 1 saturated heterocycles. The summed E-state index contributed by atoms with van der Waals surface area (Å²) in [6, 6.07) is 8.82. The van der Waals surface area contributed by atoms with Crippen molar-refractivity contribution in [3.05, 3.63) is 29.8 Å². The molecule has 4 heteroatoms. The number of para-hydroxylation sites is 1. The lowest BCUT2D eigenvalue weighted by molar-refractivity contribution is -0.122. The van der Waals surface area contributed by atoms with Crippen molar-refractivity contribution in [2.24, 2.45) is 17.1 Å². The highest BCUT2D eigenvalue weighted by Gasteiger charge is 2.32. The van der Waals surface area contributed by atoms with Crippen molar-refractivity contribution < 1.29 is 4.79 Å². The Morgan fingerprint density at radius 2 is 1.63 bits per heavy atom. The normalized spacial score (nSPS) is 26.0. The van der Waals surface area contributed by atoms with E-state index < -0.39 is 0 Å². The van der Waals surface area contributed by atoms with Crippen LogP contribution < -0.4 is 10.6 Å². The number of hydrogen-bond acceptors (Lipinski definition) is 3. The van der Waals surface area contributed by atoms with Crippen LogP contribution >= 0.6 is 0 Å². The van der Waals surface area contributed by atoms with Crippen molar-refractivity contribution in [1.29, 1.82) is 0 Å². The first-order chi connectivity index (χ1) is 12.8. The van der Waals surface area contributed by atoms with Gasteiger partial charge in [-0.05, 0) is 61.5 Å². The SMILES string of the molecule is CC(C(N)=O)N1CCN(c2ccccc2C2CCC(C(C)(C)C)CC2)CC1. The van der Waals surface area contributed by atoms with Crippen LogP contribution in [0.1, 0.15) is 64.9 Å². The Balaban J connectivity index is 1.66. The van der Waals surface area contributed by atoms with Gasteiger partial charge in [-0.1, -0.05) is 39.0 Å². The van der Waals surface area contributed by atoms with Crippen molar-refractivity contribution in [3.8, 4) is 0 Å². The van der Waals surface area contributed by atoms with E-state index >= 15 is 0 Å². The predicted molar refractivity (Wildman–Crippen MR) is 113 cm³/mol. The third kappa shape index (κ3) is 4.66. The van der Waals surface area contributed by atoms with Gasteiger partial charge >= 0.3 is 0 Å². The first kappa shape index (κ1) is 20.2. The Kier molecular flexibility index (Phi) is 6.15. The van der Waals surface area contributed by atoms with Gasteiger partial charge < -0.3 is 10.6 Å². The molecule has 1 unspecified atom stereocenters. The first-order valence-electron chi connectivity index (χ1n) is 10.6. The molecule has 1 aromatic carbocycles. The Morgan fingerprint density at radius 1 is 1.04 bits per heavy atom. The van der Waals surface area contributed by atoms with E-state index in [0.29, 0.717) is 11.3 Å². The Hall–Kier alpha value is -1.55. The minimum Gasteiger partial charge on any atom is -0.369 e. The Labute approximate surface area is 165 Å². The highest BCUT2D eigenvalue weighted by Crippen LogP contribution is 2.45. The van der Waals surface area contributed by atoms with E-state index in [4.69, 9.17) is 5.73 Å². The average molecular weight is 372 g/mol. The number of primary amides is 1. The second-order valence-electron chi connectivity index (χ2n) is 9.57. The molecule has 2 aliphatic rings. The summed E-state index contributed by atoms with van der Waals surface area (Å²) in [5, 5.41) is 0. The molecule has 2 fully saturated rings.